The number of nitrogens with zero attached hydrogens (tertiary/aromatic N) is 3. The van der Waals surface area contributed by atoms with E-state index in [1.165, 1.54) is 17.7 Å². The summed E-state index contributed by atoms with van der Waals surface area (Å²) in [4.78, 5) is 16.9. The fourth-order valence-electron chi connectivity index (χ4n) is 3.52. The van der Waals surface area contributed by atoms with Crippen LogP contribution in [0.5, 0.6) is 5.88 Å². The molecule has 0 aliphatic rings. The van der Waals surface area contributed by atoms with Gasteiger partial charge in [0, 0.05) is 15.9 Å². The number of nitrogens with one attached hydrogen (secondary N) is 1. The Hall–Kier alpha value is -3.26. The van der Waals surface area contributed by atoms with Crippen LogP contribution < -0.4 is 10.1 Å². The number of hydrogen-bond donors (Lipinski definition) is 1. The zero-order valence-corrected chi connectivity index (χ0v) is 19.5. The number of ether oxygens (including phenoxy) is 1. The van der Waals surface area contributed by atoms with Crippen LogP contribution in [0.4, 0.5) is 10.1 Å². The molecule has 0 saturated carbocycles. The molecular formula is C24H22BrFN4O2. The summed E-state index contributed by atoms with van der Waals surface area (Å²) in [5, 5.41) is 8.11. The van der Waals surface area contributed by atoms with Gasteiger partial charge >= 0.3 is 0 Å². The van der Waals surface area contributed by atoms with E-state index in [2.05, 4.69) is 50.4 Å². The maximum atomic E-state index is 13.9. The molecule has 6 nitrogen and oxygen atoms in total. The summed E-state index contributed by atoms with van der Waals surface area (Å²) in [6, 6.07) is 14.3. The Labute approximate surface area is 193 Å². The van der Waals surface area contributed by atoms with Crippen LogP contribution in [-0.2, 0) is 11.2 Å². The van der Waals surface area contributed by atoms with Crippen molar-refractivity contribution < 1.29 is 13.9 Å². The number of carbonyl (C=O) groups excluding carboxylic acids is 1. The van der Waals surface area contributed by atoms with Crippen molar-refractivity contribution in [3.05, 3.63) is 75.6 Å². The second-order valence-corrected chi connectivity index (χ2v) is 8.37. The normalized spacial score (nSPS) is 11.0. The molecule has 4 rings (SSSR count). The number of anilines is 1. The number of hydrogen-bond acceptors (Lipinski definition) is 4. The average molecular weight is 497 g/mol. The van der Waals surface area contributed by atoms with Gasteiger partial charge in [-0.05, 0) is 61.7 Å². The van der Waals surface area contributed by atoms with E-state index >= 15 is 0 Å². The van der Waals surface area contributed by atoms with Crippen LogP contribution in [0.3, 0.4) is 0 Å². The van der Waals surface area contributed by atoms with Crippen molar-refractivity contribution in [2.45, 2.75) is 27.2 Å². The summed E-state index contributed by atoms with van der Waals surface area (Å²) in [6.45, 7) is 5.70. The third-order valence-electron chi connectivity index (χ3n) is 5.13. The summed E-state index contributed by atoms with van der Waals surface area (Å²) in [6.07, 6.45) is 0.959. The van der Waals surface area contributed by atoms with Gasteiger partial charge in [0.25, 0.3) is 5.91 Å². The Balaban J connectivity index is 1.57. The number of halogens is 2. The lowest BCUT2D eigenvalue weighted by atomic mass is 10.1. The Morgan fingerprint density at radius 1 is 1.16 bits per heavy atom. The number of amides is 1. The number of carbonyl (C=O) groups is 1. The zero-order chi connectivity index (χ0) is 22.8. The molecule has 0 unspecified atom stereocenters. The van der Waals surface area contributed by atoms with E-state index in [0.29, 0.717) is 16.0 Å². The van der Waals surface area contributed by atoms with Crippen LogP contribution >= 0.6 is 15.9 Å². The Morgan fingerprint density at radius 2 is 1.91 bits per heavy atom. The lowest BCUT2D eigenvalue weighted by molar-refractivity contribution is -0.118. The minimum atomic E-state index is -0.531. The van der Waals surface area contributed by atoms with Crippen molar-refractivity contribution >= 4 is 38.6 Å². The first-order valence-corrected chi connectivity index (χ1v) is 11.0. The molecule has 0 fully saturated rings. The van der Waals surface area contributed by atoms with Gasteiger partial charge in [-0.1, -0.05) is 35.0 Å². The number of fused-ring (bicyclic) bond motifs is 1. The SMILES string of the molecule is CCc1ccc(-n2nc(C)c3c(C)cc(OCC(=O)Nc4ccc(Br)cc4F)nc32)cc1. The number of aromatic nitrogens is 3. The molecule has 2 heterocycles. The smallest absolute Gasteiger partial charge is 0.262 e. The molecule has 0 atom stereocenters. The van der Waals surface area contributed by atoms with Crippen LogP contribution in [0.1, 0.15) is 23.7 Å². The molecule has 0 aliphatic carbocycles. The predicted octanol–water partition coefficient (Wildman–Crippen LogP) is 5.52. The van der Waals surface area contributed by atoms with Crippen molar-refractivity contribution in [3.63, 3.8) is 0 Å². The molecule has 32 heavy (non-hydrogen) atoms. The van der Waals surface area contributed by atoms with Crippen LogP contribution in [0.25, 0.3) is 16.7 Å². The molecule has 8 heteroatoms. The molecule has 1 amide bonds. The lowest BCUT2D eigenvalue weighted by Crippen LogP contribution is -2.21. The van der Waals surface area contributed by atoms with E-state index in [-0.39, 0.29) is 12.3 Å². The van der Waals surface area contributed by atoms with Crippen molar-refractivity contribution in [1.82, 2.24) is 14.8 Å². The molecule has 0 bridgehead atoms. The first-order valence-electron chi connectivity index (χ1n) is 10.2. The minimum absolute atomic E-state index is 0.0885. The molecule has 164 valence electrons. The predicted molar refractivity (Wildman–Crippen MR) is 126 cm³/mol. The number of aryl methyl sites for hydroxylation is 3. The Morgan fingerprint density at radius 3 is 2.59 bits per heavy atom. The quantitative estimate of drug-likeness (QED) is 0.381. The maximum absolute atomic E-state index is 13.9. The number of rotatable bonds is 6. The van der Waals surface area contributed by atoms with Gasteiger partial charge in [0.2, 0.25) is 5.88 Å². The molecule has 4 aromatic rings. The van der Waals surface area contributed by atoms with E-state index in [0.717, 1.165) is 28.8 Å². The Kier molecular flexibility index (Phi) is 6.23. The molecule has 1 N–H and O–H groups in total. The van der Waals surface area contributed by atoms with E-state index in [9.17, 15) is 9.18 Å². The largest absolute Gasteiger partial charge is 0.467 e. The molecule has 0 spiro atoms. The topological polar surface area (TPSA) is 69.0 Å². The van der Waals surface area contributed by atoms with Gasteiger partial charge in [-0.3, -0.25) is 4.79 Å². The number of benzene rings is 2. The number of pyridine rings is 1. The summed E-state index contributed by atoms with van der Waals surface area (Å²) in [7, 11) is 0. The maximum Gasteiger partial charge on any atom is 0.262 e. The van der Waals surface area contributed by atoms with Gasteiger partial charge in [-0.15, -0.1) is 0 Å². The zero-order valence-electron chi connectivity index (χ0n) is 17.9. The third-order valence-corrected chi connectivity index (χ3v) is 5.63. The van der Waals surface area contributed by atoms with Crippen molar-refractivity contribution in [3.8, 4) is 11.6 Å². The van der Waals surface area contributed by atoms with Crippen LogP contribution in [0, 0.1) is 19.7 Å². The fraction of sp³-hybridized carbons (Fsp3) is 0.208. The highest BCUT2D eigenvalue weighted by Gasteiger charge is 2.16. The highest BCUT2D eigenvalue weighted by atomic mass is 79.9. The van der Waals surface area contributed by atoms with E-state index in [1.807, 2.05) is 26.0 Å². The van der Waals surface area contributed by atoms with Crippen LogP contribution in [0.2, 0.25) is 0 Å². The van der Waals surface area contributed by atoms with E-state index in [4.69, 9.17) is 4.74 Å². The van der Waals surface area contributed by atoms with Gasteiger partial charge < -0.3 is 10.1 Å². The van der Waals surface area contributed by atoms with Gasteiger partial charge in [0.1, 0.15) is 5.82 Å². The standard InChI is InChI=1S/C24H22BrFN4O2/c1-4-16-5-8-18(9-6-16)30-24-23(15(3)29-30)14(2)11-22(28-24)32-13-21(31)27-20-10-7-17(25)12-19(20)26/h5-12H,4,13H2,1-3H3,(H,27,31). The molecule has 0 aliphatic heterocycles. The minimum Gasteiger partial charge on any atom is -0.467 e. The van der Waals surface area contributed by atoms with Gasteiger partial charge in [0.05, 0.1) is 17.1 Å². The van der Waals surface area contributed by atoms with Crippen LogP contribution in [-0.4, -0.2) is 27.3 Å². The van der Waals surface area contributed by atoms with Crippen molar-refractivity contribution in [1.29, 1.82) is 0 Å². The summed E-state index contributed by atoms with van der Waals surface area (Å²) >= 11 is 3.19. The lowest BCUT2D eigenvalue weighted by Gasteiger charge is -2.10. The van der Waals surface area contributed by atoms with Crippen LogP contribution in [0.15, 0.2) is 53.0 Å². The second-order valence-electron chi connectivity index (χ2n) is 7.45. The van der Waals surface area contributed by atoms with Gasteiger partial charge in [0.15, 0.2) is 12.3 Å². The Bertz CT molecular complexity index is 1300. The van der Waals surface area contributed by atoms with E-state index < -0.39 is 11.7 Å². The van der Waals surface area contributed by atoms with E-state index in [1.54, 1.807) is 16.8 Å². The molecule has 0 saturated heterocycles. The first-order chi connectivity index (χ1) is 15.4. The highest BCUT2D eigenvalue weighted by Crippen LogP contribution is 2.27. The first kappa shape index (κ1) is 22.0. The average Bonchev–Trinajstić information content (AvgIpc) is 3.11. The summed E-state index contributed by atoms with van der Waals surface area (Å²) in [5.41, 5.74) is 4.68. The summed E-state index contributed by atoms with van der Waals surface area (Å²) in [5.74, 6) is -0.713. The van der Waals surface area contributed by atoms with Crippen molar-refractivity contribution in [2.24, 2.45) is 0 Å². The van der Waals surface area contributed by atoms with Crippen molar-refractivity contribution in [2.75, 3.05) is 11.9 Å². The fourth-order valence-corrected chi connectivity index (χ4v) is 3.85. The molecular weight excluding hydrogens is 475 g/mol. The third kappa shape index (κ3) is 4.50. The highest BCUT2D eigenvalue weighted by molar-refractivity contribution is 9.10. The summed E-state index contributed by atoms with van der Waals surface area (Å²) < 4.78 is 22.0. The molecule has 2 aromatic carbocycles. The monoisotopic (exact) mass is 496 g/mol. The molecule has 2 aromatic heterocycles. The second kappa shape index (κ2) is 9.08. The van der Waals surface area contributed by atoms with Gasteiger partial charge in [-0.2, -0.15) is 10.1 Å². The van der Waals surface area contributed by atoms with Gasteiger partial charge in [-0.25, -0.2) is 9.07 Å². The molecule has 0 radical (unpaired) electrons.